The van der Waals surface area contributed by atoms with Gasteiger partial charge in [-0.3, -0.25) is 4.79 Å². The van der Waals surface area contributed by atoms with Crippen LogP contribution in [0.2, 0.25) is 0 Å². The molecular formula is C77H129NO13. The van der Waals surface area contributed by atoms with E-state index in [1.54, 1.807) is 6.08 Å². The highest BCUT2D eigenvalue weighted by atomic mass is 16.7. The van der Waals surface area contributed by atoms with Crippen molar-refractivity contribution in [3.63, 3.8) is 0 Å². The molecule has 0 aromatic carbocycles. The van der Waals surface area contributed by atoms with E-state index in [0.29, 0.717) is 12.8 Å². The van der Waals surface area contributed by atoms with Crippen LogP contribution in [0.15, 0.2) is 134 Å². The third-order valence-corrected chi connectivity index (χ3v) is 16.5. The zero-order valence-electron chi connectivity index (χ0n) is 56.5. The number of ether oxygens (including phenoxy) is 4. The molecule has 2 aliphatic rings. The lowest BCUT2D eigenvalue weighted by Gasteiger charge is -2.46. The fourth-order valence-electron chi connectivity index (χ4n) is 10.9. The number of aliphatic hydroxyl groups excluding tert-OH is 8. The van der Waals surface area contributed by atoms with Crippen molar-refractivity contribution in [3.05, 3.63) is 134 Å². The second-order valence-corrected chi connectivity index (χ2v) is 24.6. The van der Waals surface area contributed by atoms with Gasteiger partial charge in [-0.1, -0.05) is 270 Å². The summed E-state index contributed by atoms with van der Waals surface area (Å²) in [5, 5.41) is 87.4. The molecule has 2 heterocycles. The lowest BCUT2D eigenvalue weighted by atomic mass is 9.97. The minimum atomic E-state index is -1.81. The van der Waals surface area contributed by atoms with E-state index in [2.05, 4.69) is 141 Å². The summed E-state index contributed by atoms with van der Waals surface area (Å²) in [5.41, 5.74) is 0. The van der Waals surface area contributed by atoms with Crippen molar-refractivity contribution < 1.29 is 64.6 Å². The molecule has 0 saturated carbocycles. The maximum Gasteiger partial charge on any atom is 0.220 e. The van der Waals surface area contributed by atoms with E-state index >= 15 is 0 Å². The Balaban J connectivity index is 1.74. The first kappa shape index (κ1) is 83.2. The molecular weight excluding hydrogens is 1150 g/mol. The summed E-state index contributed by atoms with van der Waals surface area (Å²) in [4.78, 5) is 13.3. The number of allylic oxidation sites excluding steroid dienone is 21. The summed E-state index contributed by atoms with van der Waals surface area (Å²) in [7, 11) is 0. The maximum absolute atomic E-state index is 13.3. The van der Waals surface area contributed by atoms with Gasteiger partial charge in [-0.15, -0.1) is 0 Å². The van der Waals surface area contributed by atoms with Crippen LogP contribution < -0.4 is 5.32 Å². The Morgan fingerprint density at radius 3 is 1.21 bits per heavy atom. The van der Waals surface area contributed by atoms with Gasteiger partial charge >= 0.3 is 0 Å². The normalized spacial score (nSPS) is 23.6. The van der Waals surface area contributed by atoms with Crippen LogP contribution in [0.3, 0.4) is 0 Å². The van der Waals surface area contributed by atoms with E-state index in [1.807, 2.05) is 6.08 Å². The van der Waals surface area contributed by atoms with Crippen molar-refractivity contribution in [3.8, 4) is 0 Å². The van der Waals surface area contributed by atoms with E-state index < -0.39 is 86.8 Å². The lowest BCUT2D eigenvalue weighted by Crippen LogP contribution is -2.65. The average Bonchev–Trinajstić information content (AvgIpc) is 1.07. The highest BCUT2D eigenvalue weighted by molar-refractivity contribution is 5.76. The van der Waals surface area contributed by atoms with Crippen LogP contribution in [0.25, 0.3) is 0 Å². The largest absolute Gasteiger partial charge is 0.394 e. The molecule has 2 saturated heterocycles. The molecule has 2 fully saturated rings. The van der Waals surface area contributed by atoms with Gasteiger partial charge in [0.25, 0.3) is 0 Å². The van der Waals surface area contributed by atoms with Crippen LogP contribution in [0.1, 0.15) is 251 Å². The minimum Gasteiger partial charge on any atom is -0.394 e. The van der Waals surface area contributed by atoms with Crippen LogP contribution in [-0.2, 0) is 23.7 Å². The lowest BCUT2D eigenvalue weighted by molar-refractivity contribution is -0.359. The van der Waals surface area contributed by atoms with Crippen molar-refractivity contribution in [2.45, 2.75) is 325 Å². The van der Waals surface area contributed by atoms with Gasteiger partial charge in [-0.05, 0) is 109 Å². The predicted molar refractivity (Wildman–Crippen MR) is 373 cm³/mol. The van der Waals surface area contributed by atoms with Crippen LogP contribution >= 0.6 is 0 Å². The molecule has 0 spiro atoms. The Bertz CT molecular complexity index is 2040. The summed E-state index contributed by atoms with van der Waals surface area (Å²) in [5.74, 6) is -0.300. The van der Waals surface area contributed by atoms with Crippen LogP contribution in [0.4, 0.5) is 0 Å². The predicted octanol–water partition coefficient (Wildman–Crippen LogP) is 15.1. The summed E-state index contributed by atoms with van der Waals surface area (Å²) in [6.07, 6.45) is 72.3. The standard InChI is InChI=1S/C77H129NO13/c1-3-5-7-9-11-13-15-17-19-21-23-25-27-29-31-32-33-35-36-38-40-42-44-46-48-50-52-54-56-58-60-66(81)65(64-88-76-74(87)72(85)75(68(63-80)90-76)91-77-73(86)71(84)70(83)67(62-79)89-77)78-69(82)61-59-57-55-53-51-49-47-45-43-41-39-37-34-30-28-26-24-22-20-18-16-14-12-10-8-6-4-2/h6,8,12,14,18,20,24,26,30,34,39,41-42,44-45,47,50-53,58,60,65-68,70-77,79-81,83-87H,3-5,7,9-11,13,15-17,19,21-23,25,27-29,31-33,35-38,40,43,46,48-49,54-57,59,61-64H2,1-2H3,(H,78,82)/b8-6-,14-12-,20-18-,26-24-,34-30-,41-39-,44-42+,47-45-,52-50+,53-51-,60-58+. The first-order valence-corrected chi connectivity index (χ1v) is 35.9. The zero-order chi connectivity index (χ0) is 65.9. The van der Waals surface area contributed by atoms with E-state index in [0.717, 1.165) is 89.9 Å². The highest BCUT2D eigenvalue weighted by Crippen LogP contribution is 2.30. The molecule has 12 unspecified atom stereocenters. The molecule has 520 valence electrons. The number of rotatable bonds is 57. The Hall–Kier alpha value is -3.87. The molecule has 91 heavy (non-hydrogen) atoms. The van der Waals surface area contributed by atoms with Crippen LogP contribution in [0.5, 0.6) is 0 Å². The maximum atomic E-state index is 13.3. The number of amides is 1. The molecule has 2 rings (SSSR count). The molecule has 0 aromatic heterocycles. The smallest absolute Gasteiger partial charge is 0.220 e. The van der Waals surface area contributed by atoms with Crippen LogP contribution in [-0.4, -0.2) is 140 Å². The molecule has 9 N–H and O–H groups in total. The number of unbranched alkanes of at least 4 members (excludes halogenated alkanes) is 24. The number of nitrogens with one attached hydrogen (secondary N) is 1. The zero-order valence-corrected chi connectivity index (χ0v) is 56.5. The van der Waals surface area contributed by atoms with Gasteiger partial charge in [0.2, 0.25) is 5.91 Å². The van der Waals surface area contributed by atoms with Gasteiger partial charge in [0.05, 0.1) is 32.0 Å². The second kappa shape index (κ2) is 59.8. The minimum absolute atomic E-state index is 0.205. The molecule has 0 radical (unpaired) electrons. The Kier molecular flexibility index (Phi) is 54.7. The van der Waals surface area contributed by atoms with Crippen LogP contribution in [0, 0.1) is 0 Å². The fourth-order valence-corrected chi connectivity index (χ4v) is 10.9. The van der Waals surface area contributed by atoms with E-state index in [4.69, 9.17) is 18.9 Å². The summed E-state index contributed by atoms with van der Waals surface area (Å²) in [6, 6.07) is -0.974. The first-order chi connectivity index (χ1) is 44.6. The summed E-state index contributed by atoms with van der Waals surface area (Å²) >= 11 is 0. The topological polar surface area (TPSA) is 228 Å². The Morgan fingerprint density at radius 2 is 0.769 bits per heavy atom. The van der Waals surface area contributed by atoms with Crippen molar-refractivity contribution in [2.75, 3.05) is 19.8 Å². The van der Waals surface area contributed by atoms with Gasteiger partial charge in [0, 0.05) is 6.42 Å². The number of carbonyl (C=O) groups is 1. The van der Waals surface area contributed by atoms with Crippen molar-refractivity contribution in [1.29, 1.82) is 0 Å². The molecule has 0 aromatic rings. The van der Waals surface area contributed by atoms with Gasteiger partial charge in [-0.25, -0.2) is 0 Å². The van der Waals surface area contributed by atoms with Crippen molar-refractivity contribution in [1.82, 2.24) is 5.32 Å². The number of aliphatic hydroxyl groups is 8. The molecule has 14 nitrogen and oxygen atoms in total. The molecule has 0 bridgehead atoms. The number of carbonyl (C=O) groups excluding carboxylic acids is 1. The molecule has 12 atom stereocenters. The third-order valence-electron chi connectivity index (χ3n) is 16.5. The monoisotopic (exact) mass is 1280 g/mol. The fraction of sp³-hybridized carbons (Fsp3) is 0.701. The molecule has 2 aliphatic heterocycles. The number of hydrogen-bond acceptors (Lipinski definition) is 13. The SMILES string of the molecule is CC/C=C\C/C=C\C/C=C\C/C=C\C/C=C\C/C=C\C/C=C\C/C=C\CCCCC(=O)NC(COC1OC(CO)C(OC2OC(CO)C(O)C(O)C2O)C(O)C1O)C(O)/C=C/CC/C=C/CC/C=C/CCCCCCCCCCCCCCCCCCCCCC. The van der Waals surface area contributed by atoms with Gasteiger partial charge in [0.1, 0.15) is 48.8 Å². The van der Waals surface area contributed by atoms with Gasteiger partial charge < -0.3 is 65.1 Å². The molecule has 0 aliphatic carbocycles. The summed E-state index contributed by atoms with van der Waals surface area (Å²) in [6.45, 7) is 2.64. The third kappa shape index (κ3) is 43.7. The van der Waals surface area contributed by atoms with E-state index in [-0.39, 0.29) is 18.9 Å². The quantitative estimate of drug-likeness (QED) is 0.0204. The Labute approximate surface area is 551 Å². The number of hydrogen-bond donors (Lipinski definition) is 9. The van der Waals surface area contributed by atoms with Crippen molar-refractivity contribution >= 4 is 5.91 Å². The highest BCUT2D eigenvalue weighted by Gasteiger charge is 2.51. The second-order valence-electron chi connectivity index (χ2n) is 24.6. The van der Waals surface area contributed by atoms with E-state index in [1.165, 1.54) is 128 Å². The molecule has 14 heteroatoms. The Morgan fingerprint density at radius 1 is 0.407 bits per heavy atom. The summed E-state index contributed by atoms with van der Waals surface area (Å²) < 4.78 is 22.8. The van der Waals surface area contributed by atoms with Crippen molar-refractivity contribution in [2.24, 2.45) is 0 Å². The van der Waals surface area contributed by atoms with E-state index in [9.17, 15) is 45.6 Å². The first-order valence-electron chi connectivity index (χ1n) is 35.9. The molecule has 1 amide bonds. The average molecular weight is 1280 g/mol. The van der Waals surface area contributed by atoms with Gasteiger partial charge in [-0.2, -0.15) is 0 Å². The van der Waals surface area contributed by atoms with Gasteiger partial charge in [0.15, 0.2) is 12.6 Å².